The fourth-order valence-electron chi connectivity index (χ4n) is 7.50. The molecule has 3 aromatic heterocycles. The first-order chi connectivity index (χ1) is 31.9. The summed E-state index contributed by atoms with van der Waals surface area (Å²) < 4.78 is 95.6. The van der Waals surface area contributed by atoms with Crippen LogP contribution in [0.3, 0.4) is 0 Å². The zero-order chi connectivity index (χ0) is 45.7. The van der Waals surface area contributed by atoms with E-state index in [1.54, 1.807) is 10.6 Å². The van der Waals surface area contributed by atoms with Crippen molar-refractivity contribution in [3.8, 4) is 56.7 Å². The van der Waals surface area contributed by atoms with Gasteiger partial charge >= 0.3 is 0 Å². The molecule has 262 valence electrons. The second-order valence-electron chi connectivity index (χ2n) is 13.3. The van der Waals surface area contributed by atoms with Crippen LogP contribution >= 0.6 is 0 Å². The lowest BCUT2D eigenvalue weighted by Gasteiger charge is -2.14. The zero-order valence-electron chi connectivity index (χ0n) is 39.5. The van der Waals surface area contributed by atoms with Crippen LogP contribution in [-0.4, -0.2) is 24.1 Å². The smallest absolute Gasteiger partial charge is 0.238 e. The third-order valence-electron chi connectivity index (χ3n) is 10.0. The van der Waals surface area contributed by atoms with E-state index < -0.39 is 54.4 Å². The maximum absolute atomic E-state index is 9.73. The van der Waals surface area contributed by atoms with Crippen LogP contribution in [-0.2, 0) is 0 Å². The van der Waals surface area contributed by atoms with E-state index in [-0.39, 0.29) is 67.3 Å². The number of para-hydroxylation sites is 2. The van der Waals surface area contributed by atoms with E-state index in [1.807, 2.05) is 133 Å². The fraction of sp³-hybridized carbons (Fsp3) is 0. The summed E-state index contributed by atoms with van der Waals surface area (Å²) in [6.45, 7) is 0. The van der Waals surface area contributed by atoms with Crippen molar-refractivity contribution in [2.75, 3.05) is 0 Å². The molecule has 0 amide bonds. The molecule has 0 radical (unpaired) electrons. The van der Waals surface area contributed by atoms with Crippen molar-refractivity contribution in [1.82, 2.24) is 24.1 Å². The average molecular weight is 726 g/mol. The van der Waals surface area contributed by atoms with Crippen LogP contribution in [0.2, 0.25) is 0 Å². The molecule has 8 aromatic carbocycles. The third-order valence-corrected chi connectivity index (χ3v) is 10.0. The fourth-order valence-corrected chi connectivity index (χ4v) is 7.50. The van der Waals surface area contributed by atoms with Gasteiger partial charge < -0.3 is 4.57 Å². The van der Waals surface area contributed by atoms with Gasteiger partial charge in [0.25, 0.3) is 0 Å². The largest absolute Gasteiger partial charge is 0.307 e. The Kier molecular flexibility index (Phi) is 5.41. The molecule has 0 bridgehead atoms. The Morgan fingerprint density at radius 2 is 0.821 bits per heavy atom. The molecule has 3 heterocycles. The molecule has 5 nitrogen and oxygen atoms in total. The summed E-state index contributed by atoms with van der Waals surface area (Å²) in [5, 5.41) is -0.0496. The van der Waals surface area contributed by atoms with Gasteiger partial charge in [-0.05, 0) is 52.5 Å². The molecule has 0 aliphatic heterocycles. The number of benzene rings is 8. The van der Waals surface area contributed by atoms with Gasteiger partial charge in [-0.25, -0.2) is 4.98 Å². The lowest BCUT2D eigenvalue weighted by molar-refractivity contribution is 0.953. The second kappa shape index (κ2) is 13.0. The molecule has 0 fully saturated rings. The number of aromatic nitrogens is 5. The highest BCUT2D eigenvalue weighted by Crippen LogP contribution is 2.42. The van der Waals surface area contributed by atoms with Crippen molar-refractivity contribution < 1.29 is 13.7 Å². The predicted octanol–water partition coefficient (Wildman–Crippen LogP) is 12.7. The van der Waals surface area contributed by atoms with Crippen molar-refractivity contribution in [3.63, 3.8) is 0 Å². The maximum Gasteiger partial charge on any atom is 0.238 e. The van der Waals surface area contributed by atoms with E-state index in [1.165, 1.54) is 4.57 Å². The lowest BCUT2D eigenvalue weighted by Crippen LogP contribution is -2.07. The summed E-state index contributed by atoms with van der Waals surface area (Å²) in [6.07, 6.45) is 0. The van der Waals surface area contributed by atoms with Crippen LogP contribution in [0.25, 0.3) is 100 Å². The van der Waals surface area contributed by atoms with Gasteiger partial charge in [0.1, 0.15) is 0 Å². The van der Waals surface area contributed by atoms with Crippen LogP contribution in [0, 0.1) is 0 Å². The summed E-state index contributed by atoms with van der Waals surface area (Å²) in [4.78, 5) is 15.1. The van der Waals surface area contributed by atoms with Crippen molar-refractivity contribution in [2.24, 2.45) is 0 Å². The van der Waals surface area contributed by atoms with Gasteiger partial charge in [-0.15, -0.1) is 0 Å². The Morgan fingerprint density at radius 1 is 0.357 bits per heavy atom. The molecule has 5 heteroatoms. The molecule has 56 heavy (non-hydrogen) atoms. The Morgan fingerprint density at radius 3 is 1.45 bits per heavy atom. The zero-order valence-corrected chi connectivity index (χ0v) is 29.5. The minimum Gasteiger partial charge on any atom is -0.307 e. The van der Waals surface area contributed by atoms with Crippen LogP contribution in [0.15, 0.2) is 200 Å². The van der Waals surface area contributed by atoms with Gasteiger partial charge in [0.05, 0.1) is 35.8 Å². The number of rotatable bonds is 6. The molecular weight excluding hydrogens is 683 g/mol. The van der Waals surface area contributed by atoms with Crippen LogP contribution in [0.5, 0.6) is 0 Å². The SMILES string of the molecule is [2H]c1c([2H])c([2H])c2c(c1[2H])c1c([2H])c([2H])c3c4c([2H])c([2H])c([2H])c([2H])c4n(-c4nc(-c5ccccc5)nc(-c5cccc(-c6ccccc6)c5)n4)c3c1n2-c1cccc(-c2ccccc2)c1. The molecule has 0 N–H and O–H groups in total. The number of fused-ring (bicyclic) bond motifs is 7. The van der Waals surface area contributed by atoms with E-state index in [0.29, 0.717) is 16.8 Å². The summed E-state index contributed by atoms with van der Waals surface area (Å²) >= 11 is 0. The minimum absolute atomic E-state index is 0.00286. The standard InChI is InChI=1S/C51H33N5/c1-4-16-34(17-5-1)37-22-14-24-39(32-37)50-52-49(36-20-8-3-9-21-36)53-51(54-50)56-46-29-13-11-27-42(46)44-31-30-43-41-26-10-12-28-45(41)55(47(43)48(44)56)40-25-15-23-38(33-40)35-18-6-2-7-19-35/h1-33H/i10D,11D,12D,13D,26D,27D,28D,29D,30D,31D. The monoisotopic (exact) mass is 725 g/mol. The van der Waals surface area contributed by atoms with Crippen molar-refractivity contribution in [3.05, 3.63) is 200 Å². The summed E-state index contributed by atoms with van der Waals surface area (Å²) in [7, 11) is 0. The second-order valence-corrected chi connectivity index (χ2v) is 13.3. The van der Waals surface area contributed by atoms with Gasteiger partial charge in [0.15, 0.2) is 11.6 Å². The van der Waals surface area contributed by atoms with Gasteiger partial charge in [0.2, 0.25) is 5.95 Å². The van der Waals surface area contributed by atoms with Gasteiger partial charge in [-0.3, -0.25) is 4.57 Å². The van der Waals surface area contributed by atoms with E-state index in [4.69, 9.17) is 20.4 Å². The Bertz CT molecular complexity index is 3820. The van der Waals surface area contributed by atoms with Crippen LogP contribution in [0.4, 0.5) is 0 Å². The van der Waals surface area contributed by atoms with Crippen LogP contribution in [0.1, 0.15) is 13.7 Å². The number of hydrogen-bond acceptors (Lipinski definition) is 3. The van der Waals surface area contributed by atoms with E-state index in [2.05, 4.69) is 0 Å². The first-order valence-electron chi connectivity index (χ1n) is 23.1. The van der Waals surface area contributed by atoms with Gasteiger partial charge in [-0.2, -0.15) is 9.97 Å². The molecule has 0 unspecified atom stereocenters. The van der Waals surface area contributed by atoms with Crippen molar-refractivity contribution >= 4 is 43.6 Å². The van der Waals surface area contributed by atoms with Crippen molar-refractivity contribution in [1.29, 1.82) is 0 Å². The quantitative estimate of drug-likeness (QED) is 0.171. The normalized spacial score (nSPS) is 14.1. The lowest BCUT2D eigenvalue weighted by atomic mass is 10.0. The first kappa shape index (κ1) is 23.2. The molecule has 0 aliphatic rings. The maximum atomic E-state index is 9.73. The molecule has 0 saturated carbocycles. The first-order valence-corrected chi connectivity index (χ1v) is 18.1. The predicted molar refractivity (Wildman–Crippen MR) is 230 cm³/mol. The highest BCUT2D eigenvalue weighted by atomic mass is 15.2. The summed E-state index contributed by atoms with van der Waals surface area (Å²) in [5.41, 5.74) is 5.44. The topological polar surface area (TPSA) is 48.5 Å². The van der Waals surface area contributed by atoms with E-state index in [9.17, 15) is 8.22 Å². The average Bonchev–Trinajstić information content (AvgIpc) is 3.91. The Balaban J connectivity index is 1.37. The number of nitrogens with zero attached hydrogens (tertiary/aromatic N) is 5. The molecule has 0 spiro atoms. The van der Waals surface area contributed by atoms with E-state index in [0.717, 1.165) is 22.3 Å². The van der Waals surface area contributed by atoms with Gasteiger partial charge in [0, 0.05) is 38.4 Å². The molecule has 0 saturated heterocycles. The number of hydrogen-bond donors (Lipinski definition) is 0. The minimum atomic E-state index is -0.549. The highest BCUT2D eigenvalue weighted by Gasteiger charge is 2.23. The summed E-state index contributed by atoms with van der Waals surface area (Å²) in [5.74, 6) is 0.413. The third kappa shape index (κ3) is 5.21. The van der Waals surface area contributed by atoms with Crippen molar-refractivity contribution in [2.45, 2.75) is 0 Å². The van der Waals surface area contributed by atoms with E-state index >= 15 is 0 Å². The Hall–Kier alpha value is -7.63. The summed E-state index contributed by atoms with van der Waals surface area (Å²) in [6, 6.07) is 39.1. The Labute approximate surface area is 337 Å². The highest BCUT2D eigenvalue weighted by molar-refractivity contribution is 6.23. The molecule has 11 aromatic rings. The van der Waals surface area contributed by atoms with Crippen LogP contribution < -0.4 is 0 Å². The van der Waals surface area contributed by atoms with Gasteiger partial charge in [-0.1, -0.05) is 170 Å². The molecular formula is C51H33N5. The molecule has 0 atom stereocenters. The molecule has 0 aliphatic carbocycles. The molecule has 11 rings (SSSR count).